The van der Waals surface area contributed by atoms with Gasteiger partial charge in [0.05, 0.1) is 5.56 Å². The van der Waals surface area contributed by atoms with E-state index in [1.54, 1.807) is 0 Å². The number of benzene rings is 1. The molecule has 0 unspecified atom stereocenters. The molecular formula is C17H21F3N2O4. The number of likely N-dealkylation sites (tertiary alicyclic amines) is 1. The minimum Gasteiger partial charge on any atom is -0.380 e. The van der Waals surface area contributed by atoms with Crippen LogP contribution in [0.25, 0.3) is 0 Å². The summed E-state index contributed by atoms with van der Waals surface area (Å²) >= 11 is 0. The van der Waals surface area contributed by atoms with Gasteiger partial charge < -0.3 is 20.4 Å². The lowest BCUT2D eigenvalue weighted by Crippen LogP contribution is -2.51. The number of nitrogens with one attached hydrogen (secondary N) is 1. The average Bonchev–Trinajstić information content (AvgIpc) is 2.65. The quantitative estimate of drug-likeness (QED) is 0.730. The lowest BCUT2D eigenvalue weighted by molar-refractivity contribution is -0.153. The van der Waals surface area contributed by atoms with Gasteiger partial charge in [-0.15, -0.1) is 0 Å². The third-order valence-corrected chi connectivity index (χ3v) is 4.58. The highest BCUT2D eigenvalue weighted by Crippen LogP contribution is 2.33. The molecule has 0 bridgehead atoms. The predicted octanol–water partition coefficient (Wildman–Crippen LogP) is 0.879. The Morgan fingerprint density at radius 3 is 2.12 bits per heavy atom. The maximum absolute atomic E-state index is 12.6. The van der Waals surface area contributed by atoms with Crippen LogP contribution in [0.2, 0.25) is 0 Å². The predicted molar refractivity (Wildman–Crippen MR) is 86.1 cm³/mol. The van der Waals surface area contributed by atoms with Crippen LogP contribution in [0.5, 0.6) is 0 Å². The summed E-state index contributed by atoms with van der Waals surface area (Å²) in [6.07, 6.45) is -7.05. The van der Waals surface area contributed by atoms with Crippen LogP contribution in [0.3, 0.4) is 0 Å². The van der Waals surface area contributed by atoms with Gasteiger partial charge in [0.1, 0.15) is 0 Å². The van der Waals surface area contributed by atoms with Gasteiger partial charge in [-0.2, -0.15) is 13.2 Å². The minimum absolute atomic E-state index is 0.00217. The summed E-state index contributed by atoms with van der Waals surface area (Å²) in [5, 5.41) is 21.6. The zero-order chi connectivity index (χ0) is 19.5. The van der Waals surface area contributed by atoms with Gasteiger partial charge in [0, 0.05) is 20.1 Å². The number of aliphatic hydroxyl groups is 2. The summed E-state index contributed by atoms with van der Waals surface area (Å²) < 4.78 is 37.8. The van der Waals surface area contributed by atoms with E-state index in [1.807, 2.05) is 0 Å². The Morgan fingerprint density at radius 1 is 1.12 bits per heavy atom. The Balaban J connectivity index is 1.94. The smallest absolute Gasteiger partial charge is 0.380 e. The van der Waals surface area contributed by atoms with Gasteiger partial charge in [-0.05, 0) is 36.5 Å². The van der Waals surface area contributed by atoms with Crippen LogP contribution in [0.1, 0.15) is 29.9 Å². The van der Waals surface area contributed by atoms with Crippen molar-refractivity contribution in [3.8, 4) is 0 Å². The van der Waals surface area contributed by atoms with Gasteiger partial charge >= 0.3 is 6.18 Å². The highest BCUT2D eigenvalue weighted by atomic mass is 19.4. The molecule has 0 aromatic heterocycles. The SMILES string of the molecule is CNC(=O)[C@H](O)[C@@H](O)C(=O)N1CCC(c2ccc(C(F)(F)F)cc2)CC1. The molecule has 1 aromatic rings. The van der Waals surface area contributed by atoms with Crippen molar-refractivity contribution in [3.63, 3.8) is 0 Å². The largest absolute Gasteiger partial charge is 0.416 e. The normalized spacial score (nSPS) is 18.3. The Kier molecular flexibility index (Phi) is 6.25. The lowest BCUT2D eigenvalue weighted by Gasteiger charge is -2.34. The summed E-state index contributed by atoms with van der Waals surface area (Å²) in [4.78, 5) is 24.8. The fraction of sp³-hybridized carbons (Fsp3) is 0.529. The zero-order valence-electron chi connectivity index (χ0n) is 14.2. The Hall–Kier alpha value is -2.13. The van der Waals surface area contributed by atoms with Gasteiger partial charge in [-0.1, -0.05) is 12.1 Å². The number of carbonyl (C=O) groups excluding carboxylic acids is 2. The summed E-state index contributed by atoms with van der Waals surface area (Å²) in [7, 11) is 1.28. The molecule has 2 amide bonds. The molecule has 0 aliphatic carbocycles. The first-order valence-corrected chi connectivity index (χ1v) is 8.18. The molecule has 1 heterocycles. The summed E-state index contributed by atoms with van der Waals surface area (Å²) in [5.74, 6) is -1.60. The molecule has 0 saturated carbocycles. The fourth-order valence-corrected chi connectivity index (χ4v) is 2.99. The first-order valence-electron chi connectivity index (χ1n) is 8.18. The van der Waals surface area contributed by atoms with Crippen molar-refractivity contribution in [1.82, 2.24) is 10.2 Å². The molecule has 3 N–H and O–H groups in total. The van der Waals surface area contributed by atoms with E-state index in [0.717, 1.165) is 17.7 Å². The number of piperidine rings is 1. The molecular weight excluding hydrogens is 353 g/mol. The number of alkyl halides is 3. The van der Waals surface area contributed by atoms with Crippen molar-refractivity contribution >= 4 is 11.8 Å². The monoisotopic (exact) mass is 374 g/mol. The van der Waals surface area contributed by atoms with Crippen LogP contribution in [0, 0.1) is 0 Å². The number of aliphatic hydroxyl groups excluding tert-OH is 2. The van der Waals surface area contributed by atoms with Gasteiger partial charge in [-0.3, -0.25) is 9.59 Å². The second-order valence-corrected chi connectivity index (χ2v) is 6.22. The number of likely N-dealkylation sites (N-methyl/N-ethyl adjacent to an activating group) is 1. The van der Waals surface area contributed by atoms with Crippen LogP contribution >= 0.6 is 0 Å². The number of amides is 2. The van der Waals surface area contributed by atoms with Crippen molar-refractivity contribution in [1.29, 1.82) is 0 Å². The second kappa shape index (κ2) is 8.05. The van der Waals surface area contributed by atoms with Crippen molar-refractivity contribution in [3.05, 3.63) is 35.4 Å². The Morgan fingerprint density at radius 2 is 1.65 bits per heavy atom. The van der Waals surface area contributed by atoms with Crippen LogP contribution in [0.15, 0.2) is 24.3 Å². The molecule has 2 rings (SSSR count). The van der Waals surface area contributed by atoms with E-state index >= 15 is 0 Å². The van der Waals surface area contributed by atoms with E-state index in [-0.39, 0.29) is 19.0 Å². The second-order valence-electron chi connectivity index (χ2n) is 6.22. The minimum atomic E-state index is -4.38. The summed E-state index contributed by atoms with van der Waals surface area (Å²) in [6.45, 7) is 0.560. The molecule has 144 valence electrons. The fourth-order valence-electron chi connectivity index (χ4n) is 2.99. The van der Waals surface area contributed by atoms with E-state index in [0.29, 0.717) is 12.8 Å². The number of rotatable bonds is 4. The van der Waals surface area contributed by atoms with E-state index in [9.17, 15) is 33.0 Å². The molecule has 0 radical (unpaired) electrons. The number of carbonyl (C=O) groups is 2. The molecule has 2 atom stereocenters. The van der Waals surface area contributed by atoms with Crippen molar-refractivity contribution in [2.75, 3.05) is 20.1 Å². The molecule has 1 saturated heterocycles. The van der Waals surface area contributed by atoms with Gasteiger partial charge in [0.15, 0.2) is 12.2 Å². The van der Waals surface area contributed by atoms with Crippen molar-refractivity contribution in [2.24, 2.45) is 0 Å². The lowest BCUT2D eigenvalue weighted by atomic mass is 9.88. The van der Waals surface area contributed by atoms with Gasteiger partial charge in [0.2, 0.25) is 0 Å². The maximum atomic E-state index is 12.6. The molecule has 1 aliphatic heterocycles. The average molecular weight is 374 g/mol. The van der Waals surface area contributed by atoms with E-state index < -0.39 is 35.8 Å². The molecule has 1 fully saturated rings. The Bertz CT molecular complexity index is 640. The van der Waals surface area contributed by atoms with Gasteiger partial charge in [0.25, 0.3) is 11.8 Å². The van der Waals surface area contributed by atoms with E-state index in [2.05, 4.69) is 5.32 Å². The number of hydrogen-bond donors (Lipinski definition) is 3. The summed E-state index contributed by atoms with van der Waals surface area (Å²) in [5.41, 5.74) is 0.0521. The van der Waals surface area contributed by atoms with Crippen molar-refractivity contribution in [2.45, 2.75) is 37.1 Å². The molecule has 1 aliphatic rings. The van der Waals surface area contributed by atoms with Crippen LogP contribution in [-0.2, 0) is 15.8 Å². The molecule has 6 nitrogen and oxygen atoms in total. The first kappa shape index (κ1) is 20.2. The van der Waals surface area contributed by atoms with Crippen LogP contribution in [0.4, 0.5) is 13.2 Å². The number of nitrogens with zero attached hydrogens (tertiary/aromatic N) is 1. The highest BCUT2D eigenvalue weighted by Gasteiger charge is 2.35. The number of hydrogen-bond acceptors (Lipinski definition) is 4. The first-order chi connectivity index (χ1) is 12.1. The third kappa shape index (κ3) is 4.53. The summed E-state index contributed by atoms with van der Waals surface area (Å²) in [6, 6.07) is 4.96. The van der Waals surface area contributed by atoms with Gasteiger partial charge in [-0.25, -0.2) is 0 Å². The van der Waals surface area contributed by atoms with Crippen molar-refractivity contribution < 1.29 is 33.0 Å². The molecule has 9 heteroatoms. The zero-order valence-corrected chi connectivity index (χ0v) is 14.2. The molecule has 1 aromatic carbocycles. The topological polar surface area (TPSA) is 89.9 Å². The highest BCUT2D eigenvalue weighted by molar-refractivity contribution is 5.90. The van der Waals surface area contributed by atoms with Crippen LogP contribution < -0.4 is 5.32 Å². The standard InChI is InChI=1S/C17H21F3N2O4/c1-21-15(25)13(23)14(24)16(26)22-8-6-11(7-9-22)10-2-4-12(5-3-10)17(18,19)20/h2-5,11,13-14,23-24H,6-9H2,1H3,(H,21,25)/t13-,14-/m1/s1. The van der Waals surface area contributed by atoms with E-state index in [4.69, 9.17) is 0 Å². The van der Waals surface area contributed by atoms with Crippen LogP contribution in [-0.4, -0.2) is 59.3 Å². The third-order valence-electron chi connectivity index (χ3n) is 4.58. The Labute approximate surface area is 148 Å². The molecule has 0 spiro atoms. The maximum Gasteiger partial charge on any atom is 0.416 e. The molecule has 26 heavy (non-hydrogen) atoms. The number of halogens is 3. The van der Waals surface area contributed by atoms with E-state index in [1.165, 1.54) is 24.1 Å².